The third-order valence-corrected chi connectivity index (χ3v) is 3.34. The Morgan fingerprint density at radius 2 is 2.17 bits per heavy atom. The summed E-state index contributed by atoms with van der Waals surface area (Å²) in [7, 11) is 3.19. The Labute approximate surface area is 107 Å². The van der Waals surface area contributed by atoms with Crippen LogP contribution in [0.3, 0.4) is 0 Å². The van der Waals surface area contributed by atoms with Gasteiger partial charge in [-0.05, 0) is 18.3 Å². The molecule has 3 unspecified atom stereocenters. The number of methoxy groups -OCH3 is 1. The van der Waals surface area contributed by atoms with E-state index in [4.69, 9.17) is 9.84 Å². The van der Waals surface area contributed by atoms with E-state index in [1.54, 1.807) is 11.9 Å². The number of amides is 2. The maximum Gasteiger partial charge on any atom is 0.326 e. The van der Waals surface area contributed by atoms with Crippen molar-refractivity contribution < 1.29 is 19.4 Å². The van der Waals surface area contributed by atoms with Gasteiger partial charge in [-0.3, -0.25) is 0 Å². The largest absolute Gasteiger partial charge is 0.480 e. The molecule has 104 valence electrons. The molecule has 0 aromatic carbocycles. The number of nitrogens with zero attached hydrogens (tertiary/aromatic N) is 1. The summed E-state index contributed by atoms with van der Waals surface area (Å²) in [5, 5.41) is 11.5. The predicted molar refractivity (Wildman–Crippen MR) is 66.3 cm³/mol. The first-order valence-corrected chi connectivity index (χ1v) is 6.19. The van der Waals surface area contributed by atoms with Crippen molar-refractivity contribution in [2.24, 2.45) is 11.8 Å². The average molecular weight is 258 g/mol. The number of nitrogens with one attached hydrogen (secondary N) is 1. The Kier molecular flexibility index (Phi) is 5.40. The van der Waals surface area contributed by atoms with Gasteiger partial charge < -0.3 is 20.1 Å². The summed E-state index contributed by atoms with van der Waals surface area (Å²) < 4.78 is 4.82. The zero-order valence-corrected chi connectivity index (χ0v) is 11.2. The van der Waals surface area contributed by atoms with Gasteiger partial charge in [-0.1, -0.05) is 6.92 Å². The standard InChI is InChI=1S/C12H22N2O4/c1-8-6-9(8)7-14(2)12(17)13-10(11(15)16)4-5-18-3/h8-10H,4-7H2,1-3H3,(H,13,17)(H,15,16). The quantitative estimate of drug-likeness (QED) is 0.707. The van der Waals surface area contributed by atoms with E-state index in [1.165, 1.54) is 7.11 Å². The van der Waals surface area contributed by atoms with Crippen LogP contribution in [-0.4, -0.2) is 55.4 Å². The number of urea groups is 1. The highest BCUT2D eigenvalue weighted by Gasteiger charge is 2.34. The van der Waals surface area contributed by atoms with Crippen molar-refractivity contribution in [2.75, 3.05) is 27.3 Å². The van der Waals surface area contributed by atoms with Crippen LogP contribution >= 0.6 is 0 Å². The minimum Gasteiger partial charge on any atom is -0.480 e. The number of aliphatic carboxylic acids is 1. The van der Waals surface area contributed by atoms with Crippen LogP contribution in [0.2, 0.25) is 0 Å². The maximum absolute atomic E-state index is 11.8. The van der Waals surface area contributed by atoms with E-state index in [0.717, 1.165) is 6.42 Å². The summed E-state index contributed by atoms with van der Waals surface area (Å²) in [4.78, 5) is 24.3. The number of hydrogen-bond acceptors (Lipinski definition) is 3. The van der Waals surface area contributed by atoms with Crippen LogP contribution < -0.4 is 5.32 Å². The van der Waals surface area contributed by atoms with E-state index in [1.807, 2.05) is 0 Å². The van der Waals surface area contributed by atoms with E-state index in [0.29, 0.717) is 25.0 Å². The summed E-state index contributed by atoms with van der Waals surface area (Å²) in [6, 6.07) is -1.23. The van der Waals surface area contributed by atoms with Crippen LogP contribution in [0.1, 0.15) is 19.8 Å². The number of carbonyl (C=O) groups excluding carboxylic acids is 1. The molecule has 0 aromatic heterocycles. The first kappa shape index (κ1) is 14.8. The normalized spacial score (nSPS) is 23.3. The number of rotatable bonds is 7. The van der Waals surface area contributed by atoms with Gasteiger partial charge in [0.05, 0.1) is 0 Å². The maximum atomic E-state index is 11.8. The lowest BCUT2D eigenvalue weighted by atomic mass is 10.2. The molecule has 3 atom stereocenters. The fraction of sp³-hybridized carbons (Fsp3) is 0.833. The highest BCUT2D eigenvalue weighted by atomic mass is 16.5. The van der Waals surface area contributed by atoms with Crippen molar-refractivity contribution in [1.29, 1.82) is 0 Å². The molecule has 6 heteroatoms. The van der Waals surface area contributed by atoms with Crippen LogP contribution in [0.4, 0.5) is 4.79 Å². The van der Waals surface area contributed by atoms with Gasteiger partial charge in [0.15, 0.2) is 0 Å². The molecule has 1 fully saturated rings. The lowest BCUT2D eigenvalue weighted by molar-refractivity contribution is -0.139. The topological polar surface area (TPSA) is 78.9 Å². The van der Waals surface area contributed by atoms with Gasteiger partial charge in [-0.2, -0.15) is 0 Å². The molecular formula is C12H22N2O4. The summed E-state index contributed by atoms with van der Waals surface area (Å²) in [5.74, 6) is 0.195. The summed E-state index contributed by atoms with van der Waals surface area (Å²) in [5.41, 5.74) is 0. The molecule has 0 spiro atoms. The van der Waals surface area contributed by atoms with E-state index < -0.39 is 12.0 Å². The minimum atomic E-state index is -1.03. The number of ether oxygens (including phenoxy) is 1. The van der Waals surface area contributed by atoms with Crippen LogP contribution in [0.15, 0.2) is 0 Å². The number of carboxylic acid groups (broad SMARTS) is 1. The Bertz CT molecular complexity index is 308. The van der Waals surface area contributed by atoms with E-state index in [-0.39, 0.29) is 12.5 Å². The Morgan fingerprint density at radius 1 is 1.56 bits per heavy atom. The van der Waals surface area contributed by atoms with Crippen molar-refractivity contribution in [2.45, 2.75) is 25.8 Å². The third-order valence-electron chi connectivity index (χ3n) is 3.34. The molecule has 0 radical (unpaired) electrons. The van der Waals surface area contributed by atoms with Gasteiger partial charge >= 0.3 is 12.0 Å². The monoisotopic (exact) mass is 258 g/mol. The van der Waals surface area contributed by atoms with E-state index in [9.17, 15) is 9.59 Å². The molecule has 1 saturated carbocycles. The lowest BCUT2D eigenvalue weighted by Gasteiger charge is -2.21. The molecule has 0 aromatic rings. The number of carbonyl (C=O) groups is 2. The number of carboxylic acids is 1. The van der Waals surface area contributed by atoms with Gasteiger partial charge in [-0.25, -0.2) is 9.59 Å². The van der Waals surface area contributed by atoms with Crippen molar-refractivity contribution in [1.82, 2.24) is 10.2 Å². The molecule has 6 nitrogen and oxygen atoms in total. The highest BCUT2D eigenvalue weighted by molar-refractivity contribution is 5.82. The molecule has 0 bridgehead atoms. The fourth-order valence-electron chi connectivity index (χ4n) is 1.84. The first-order chi connectivity index (χ1) is 8.45. The van der Waals surface area contributed by atoms with Gasteiger partial charge in [0.2, 0.25) is 0 Å². The zero-order chi connectivity index (χ0) is 13.7. The molecule has 0 aliphatic heterocycles. The Balaban J connectivity index is 2.36. The first-order valence-electron chi connectivity index (χ1n) is 6.19. The van der Waals surface area contributed by atoms with Gasteiger partial charge in [0.1, 0.15) is 6.04 Å². The van der Waals surface area contributed by atoms with Gasteiger partial charge in [0.25, 0.3) is 0 Å². The molecule has 2 N–H and O–H groups in total. The fourth-order valence-corrected chi connectivity index (χ4v) is 1.84. The van der Waals surface area contributed by atoms with Crippen LogP contribution in [-0.2, 0) is 9.53 Å². The van der Waals surface area contributed by atoms with E-state index >= 15 is 0 Å². The summed E-state index contributed by atoms with van der Waals surface area (Å²) in [6.07, 6.45) is 1.41. The molecule has 0 saturated heterocycles. The molecule has 1 rings (SSSR count). The Hall–Kier alpha value is -1.30. The third kappa shape index (κ3) is 4.52. The van der Waals surface area contributed by atoms with Crippen LogP contribution in [0.25, 0.3) is 0 Å². The molecule has 0 heterocycles. The number of hydrogen-bond donors (Lipinski definition) is 2. The van der Waals surface area contributed by atoms with Gasteiger partial charge in [-0.15, -0.1) is 0 Å². The average Bonchev–Trinajstić information content (AvgIpc) is 2.99. The van der Waals surface area contributed by atoms with Crippen LogP contribution in [0.5, 0.6) is 0 Å². The lowest BCUT2D eigenvalue weighted by Crippen LogP contribution is -2.47. The molecular weight excluding hydrogens is 236 g/mol. The molecule has 1 aliphatic rings. The van der Waals surface area contributed by atoms with E-state index in [2.05, 4.69) is 12.2 Å². The molecule has 18 heavy (non-hydrogen) atoms. The van der Waals surface area contributed by atoms with Crippen molar-refractivity contribution in [3.05, 3.63) is 0 Å². The zero-order valence-electron chi connectivity index (χ0n) is 11.2. The minimum absolute atomic E-state index is 0.269. The second-order valence-electron chi connectivity index (χ2n) is 4.98. The smallest absolute Gasteiger partial charge is 0.326 e. The Morgan fingerprint density at radius 3 is 2.61 bits per heavy atom. The summed E-state index contributed by atoms with van der Waals surface area (Å²) in [6.45, 7) is 3.14. The van der Waals surface area contributed by atoms with Gasteiger partial charge in [0, 0.05) is 33.7 Å². The molecule has 1 aliphatic carbocycles. The summed E-state index contributed by atoms with van der Waals surface area (Å²) >= 11 is 0. The van der Waals surface area contributed by atoms with Crippen molar-refractivity contribution in [3.8, 4) is 0 Å². The molecule has 2 amide bonds. The van der Waals surface area contributed by atoms with Crippen LogP contribution in [0, 0.1) is 11.8 Å². The second kappa shape index (κ2) is 6.58. The highest BCUT2D eigenvalue weighted by Crippen LogP contribution is 2.37. The predicted octanol–water partition coefficient (Wildman–Crippen LogP) is 0.773. The second-order valence-corrected chi connectivity index (χ2v) is 4.98. The van der Waals surface area contributed by atoms with Crippen molar-refractivity contribution >= 4 is 12.0 Å². The SMILES string of the molecule is COCCC(NC(=O)N(C)CC1CC1C)C(=O)O. The van der Waals surface area contributed by atoms with Crippen molar-refractivity contribution in [3.63, 3.8) is 0 Å².